The van der Waals surface area contributed by atoms with Gasteiger partial charge in [-0.3, -0.25) is 4.79 Å². The molecule has 0 atom stereocenters. The van der Waals surface area contributed by atoms with Crippen molar-refractivity contribution in [2.45, 2.75) is 90.4 Å². The summed E-state index contributed by atoms with van der Waals surface area (Å²) < 4.78 is 0. The van der Waals surface area contributed by atoms with E-state index in [-0.39, 0.29) is 0 Å². The molecule has 0 aromatic heterocycles. The highest BCUT2D eigenvalue weighted by Gasteiger charge is 2.17. The Kier molecular flexibility index (Phi) is 8.38. The zero-order valence-electron chi connectivity index (χ0n) is 11.7. The van der Waals surface area contributed by atoms with Crippen LogP contribution in [0.25, 0.3) is 0 Å². The lowest BCUT2D eigenvalue weighted by molar-refractivity contribution is -0.120. The number of rotatable bonds is 10. The van der Waals surface area contributed by atoms with E-state index in [1.807, 2.05) is 0 Å². The van der Waals surface area contributed by atoms with E-state index < -0.39 is 0 Å². The van der Waals surface area contributed by atoms with Crippen molar-refractivity contribution in [2.75, 3.05) is 0 Å². The van der Waals surface area contributed by atoms with Crippen LogP contribution in [0.4, 0.5) is 0 Å². The topological polar surface area (TPSA) is 17.1 Å². The van der Waals surface area contributed by atoms with Crippen molar-refractivity contribution >= 4 is 5.78 Å². The molecular weight excluding hydrogens is 208 g/mol. The van der Waals surface area contributed by atoms with Crippen molar-refractivity contribution in [3.63, 3.8) is 0 Å². The first kappa shape index (κ1) is 14.7. The number of carbonyl (C=O) groups excluding carboxylic acids is 1. The van der Waals surface area contributed by atoms with Crippen LogP contribution in [0.5, 0.6) is 0 Å². The molecule has 1 aliphatic rings. The van der Waals surface area contributed by atoms with Gasteiger partial charge in [0.25, 0.3) is 0 Å². The van der Waals surface area contributed by atoms with E-state index in [2.05, 4.69) is 6.92 Å². The zero-order chi connectivity index (χ0) is 12.3. The molecule has 0 aromatic carbocycles. The Balaban J connectivity index is 1.86. The molecule has 17 heavy (non-hydrogen) atoms. The molecule has 1 heteroatoms. The molecule has 0 saturated heterocycles. The van der Waals surface area contributed by atoms with E-state index in [4.69, 9.17) is 0 Å². The van der Waals surface area contributed by atoms with Crippen molar-refractivity contribution in [3.8, 4) is 0 Å². The number of carbonyl (C=O) groups is 1. The van der Waals surface area contributed by atoms with Crippen molar-refractivity contribution < 1.29 is 4.79 Å². The Morgan fingerprint density at radius 1 is 0.941 bits per heavy atom. The number of unbranched alkanes of at least 4 members (excludes halogenated alkanes) is 6. The summed E-state index contributed by atoms with van der Waals surface area (Å²) in [6.45, 7) is 2.25. The van der Waals surface area contributed by atoms with Crippen LogP contribution in [0, 0.1) is 5.92 Å². The van der Waals surface area contributed by atoms with E-state index in [1.54, 1.807) is 0 Å². The standard InChI is InChI=1S/C16H30O/c1-2-3-4-5-6-7-8-13-16(17)14-15-11-9-10-12-15/h15H,2-14H2,1H3. The molecule has 100 valence electrons. The van der Waals surface area contributed by atoms with Crippen LogP contribution >= 0.6 is 0 Å². The van der Waals surface area contributed by atoms with Gasteiger partial charge in [-0.05, 0) is 12.3 Å². The van der Waals surface area contributed by atoms with Gasteiger partial charge in [-0.25, -0.2) is 0 Å². The molecule has 0 heterocycles. The molecule has 0 aromatic rings. The van der Waals surface area contributed by atoms with Crippen LogP contribution in [0.15, 0.2) is 0 Å². The van der Waals surface area contributed by atoms with Gasteiger partial charge in [-0.2, -0.15) is 0 Å². The minimum absolute atomic E-state index is 0.533. The maximum atomic E-state index is 11.7. The fourth-order valence-corrected chi connectivity index (χ4v) is 2.92. The monoisotopic (exact) mass is 238 g/mol. The maximum Gasteiger partial charge on any atom is 0.133 e. The first-order valence-electron chi connectivity index (χ1n) is 7.84. The van der Waals surface area contributed by atoms with Crippen molar-refractivity contribution in [1.29, 1.82) is 0 Å². The highest BCUT2D eigenvalue weighted by Crippen LogP contribution is 2.28. The number of hydrogen-bond donors (Lipinski definition) is 0. The van der Waals surface area contributed by atoms with E-state index in [0.717, 1.165) is 25.2 Å². The molecule has 1 fully saturated rings. The van der Waals surface area contributed by atoms with Crippen molar-refractivity contribution in [2.24, 2.45) is 5.92 Å². The lowest BCUT2D eigenvalue weighted by Gasteiger charge is -2.07. The molecule has 1 nitrogen and oxygen atoms in total. The van der Waals surface area contributed by atoms with Crippen LogP contribution in [-0.2, 0) is 4.79 Å². The molecule has 0 amide bonds. The van der Waals surface area contributed by atoms with Gasteiger partial charge in [-0.15, -0.1) is 0 Å². The van der Waals surface area contributed by atoms with Gasteiger partial charge in [0, 0.05) is 12.8 Å². The maximum absolute atomic E-state index is 11.7. The molecule has 1 rings (SSSR count). The summed E-state index contributed by atoms with van der Waals surface area (Å²) in [4.78, 5) is 11.7. The summed E-state index contributed by atoms with van der Waals surface area (Å²) in [6, 6.07) is 0. The summed E-state index contributed by atoms with van der Waals surface area (Å²) in [5.74, 6) is 1.28. The minimum atomic E-state index is 0.533. The third-order valence-electron chi connectivity index (χ3n) is 4.05. The molecule has 0 unspecified atom stereocenters. The number of ketones is 1. The van der Waals surface area contributed by atoms with Crippen LogP contribution in [0.1, 0.15) is 90.4 Å². The highest BCUT2D eigenvalue weighted by molar-refractivity contribution is 5.78. The average molecular weight is 238 g/mol. The van der Waals surface area contributed by atoms with Crippen LogP contribution in [0.3, 0.4) is 0 Å². The van der Waals surface area contributed by atoms with E-state index in [1.165, 1.54) is 64.2 Å². The lowest BCUT2D eigenvalue weighted by atomic mass is 9.98. The Labute approximate surface area is 107 Å². The molecule has 1 saturated carbocycles. The molecular formula is C16H30O. The predicted octanol–water partition coefficient (Wildman–Crippen LogP) is 5.28. The second-order valence-electron chi connectivity index (χ2n) is 5.76. The molecule has 0 N–H and O–H groups in total. The summed E-state index contributed by atoms with van der Waals surface area (Å²) in [5, 5.41) is 0. The van der Waals surface area contributed by atoms with Crippen LogP contribution in [-0.4, -0.2) is 5.78 Å². The third-order valence-corrected chi connectivity index (χ3v) is 4.05. The second kappa shape index (κ2) is 9.67. The van der Waals surface area contributed by atoms with Crippen molar-refractivity contribution in [3.05, 3.63) is 0 Å². The minimum Gasteiger partial charge on any atom is -0.300 e. The van der Waals surface area contributed by atoms with Gasteiger partial charge in [0.1, 0.15) is 5.78 Å². The van der Waals surface area contributed by atoms with Gasteiger partial charge < -0.3 is 0 Å². The molecule has 0 aliphatic heterocycles. The van der Waals surface area contributed by atoms with Crippen LogP contribution < -0.4 is 0 Å². The largest absolute Gasteiger partial charge is 0.300 e. The van der Waals surface area contributed by atoms with Gasteiger partial charge >= 0.3 is 0 Å². The predicted molar refractivity (Wildman–Crippen MR) is 74.2 cm³/mol. The van der Waals surface area contributed by atoms with Gasteiger partial charge in [0.05, 0.1) is 0 Å². The molecule has 0 spiro atoms. The SMILES string of the molecule is CCCCCCCCCC(=O)CC1CCCC1. The fraction of sp³-hybridized carbons (Fsp3) is 0.938. The quantitative estimate of drug-likeness (QED) is 0.473. The van der Waals surface area contributed by atoms with Gasteiger partial charge in [0.15, 0.2) is 0 Å². The Hall–Kier alpha value is -0.330. The molecule has 1 aliphatic carbocycles. The van der Waals surface area contributed by atoms with E-state index in [9.17, 15) is 4.79 Å². The van der Waals surface area contributed by atoms with Crippen molar-refractivity contribution in [1.82, 2.24) is 0 Å². The highest BCUT2D eigenvalue weighted by atomic mass is 16.1. The fourth-order valence-electron chi connectivity index (χ4n) is 2.92. The van der Waals surface area contributed by atoms with Gasteiger partial charge in [-0.1, -0.05) is 71.1 Å². The van der Waals surface area contributed by atoms with Gasteiger partial charge in [0.2, 0.25) is 0 Å². The first-order chi connectivity index (χ1) is 8.33. The van der Waals surface area contributed by atoms with E-state index >= 15 is 0 Å². The lowest BCUT2D eigenvalue weighted by Crippen LogP contribution is -2.04. The summed E-state index contributed by atoms with van der Waals surface area (Å²) in [5.41, 5.74) is 0. The molecule has 0 radical (unpaired) electrons. The van der Waals surface area contributed by atoms with E-state index in [0.29, 0.717) is 5.78 Å². The number of Topliss-reactive ketones (excluding diaryl/α,β-unsaturated/α-hetero) is 1. The Bertz CT molecular complexity index is 192. The average Bonchev–Trinajstić information content (AvgIpc) is 2.80. The first-order valence-corrected chi connectivity index (χ1v) is 7.84. The normalized spacial score (nSPS) is 16.5. The Morgan fingerprint density at radius 3 is 2.18 bits per heavy atom. The zero-order valence-corrected chi connectivity index (χ0v) is 11.7. The number of hydrogen-bond acceptors (Lipinski definition) is 1. The second-order valence-corrected chi connectivity index (χ2v) is 5.76. The molecule has 0 bridgehead atoms. The summed E-state index contributed by atoms with van der Waals surface area (Å²) in [6.07, 6.45) is 16.2. The Morgan fingerprint density at radius 2 is 1.53 bits per heavy atom. The summed E-state index contributed by atoms with van der Waals surface area (Å²) >= 11 is 0. The summed E-state index contributed by atoms with van der Waals surface area (Å²) in [7, 11) is 0. The smallest absolute Gasteiger partial charge is 0.133 e. The third kappa shape index (κ3) is 7.57. The van der Waals surface area contributed by atoms with Crippen LogP contribution in [0.2, 0.25) is 0 Å².